The van der Waals surface area contributed by atoms with Crippen molar-refractivity contribution in [1.82, 2.24) is 4.98 Å². The van der Waals surface area contributed by atoms with Crippen molar-refractivity contribution in [2.75, 3.05) is 5.32 Å². The quantitative estimate of drug-likeness (QED) is 0.847. The number of anilines is 1. The van der Waals surface area contributed by atoms with E-state index in [1.54, 1.807) is 12.1 Å². The van der Waals surface area contributed by atoms with E-state index in [2.05, 4.69) is 10.3 Å². The lowest BCUT2D eigenvalue weighted by Crippen LogP contribution is -2.25. The lowest BCUT2D eigenvalue weighted by Gasteiger charge is -2.20. The molecule has 1 aromatic rings. The summed E-state index contributed by atoms with van der Waals surface area (Å²) in [6, 6.07) is 5.32. The van der Waals surface area contributed by atoms with Crippen LogP contribution in [0.1, 0.15) is 37.7 Å². The molecule has 0 bridgehead atoms. The molecule has 1 aliphatic carbocycles. The Morgan fingerprint density at radius 1 is 1.35 bits per heavy atom. The summed E-state index contributed by atoms with van der Waals surface area (Å²) >= 11 is 0. The van der Waals surface area contributed by atoms with Gasteiger partial charge in [0.1, 0.15) is 11.9 Å². The first kappa shape index (κ1) is 11.6. The smallest absolute Gasteiger partial charge is 0.228 e. The number of pyridine rings is 1. The van der Waals surface area contributed by atoms with E-state index in [1.165, 1.54) is 12.6 Å². The van der Waals surface area contributed by atoms with Crippen LogP contribution in [0.2, 0.25) is 0 Å². The standard InChI is InChI=1S/C13H15N3O/c14-8-10-6-7-12(15-9-10)16-13(17)11-4-2-1-3-5-11/h6-7,9,11H,1-5H2,(H,15,16,17). The van der Waals surface area contributed by atoms with Crippen LogP contribution in [-0.2, 0) is 4.79 Å². The summed E-state index contributed by atoms with van der Waals surface area (Å²) in [5.41, 5.74) is 0.501. The number of nitrogens with one attached hydrogen (secondary N) is 1. The molecule has 0 aliphatic heterocycles. The van der Waals surface area contributed by atoms with Crippen LogP contribution in [0.4, 0.5) is 5.82 Å². The highest BCUT2D eigenvalue weighted by atomic mass is 16.1. The van der Waals surface area contributed by atoms with Gasteiger partial charge in [-0.25, -0.2) is 4.98 Å². The monoisotopic (exact) mass is 229 g/mol. The van der Waals surface area contributed by atoms with Crippen LogP contribution in [0, 0.1) is 17.2 Å². The molecule has 0 atom stereocenters. The normalized spacial score (nSPS) is 16.2. The number of rotatable bonds is 2. The first-order valence-electron chi connectivity index (χ1n) is 5.96. The van der Waals surface area contributed by atoms with Crippen LogP contribution in [-0.4, -0.2) is 10.9 Å². The van der Waals surface area contributed by atoms with Crippen molar-refractivity contribution in [2.24, 2.45) is 5.92 Å². The molecular formula is C13H15N3O. The van der Waals surface area contributed by atoms with Gasteiger partial charge >= 0.3 is 0 Å². The zero-order valence-corrected chi connectivity index (χ0v) is 9.65. The van der Waals surface area contributed by atoms with E-state index >= 15 is 0 Å². The molecule has 0 saturated heterocycles. The van der Waals surface area contributed by atoms with E-state index in [4.69, 9.17) is 5.26 Å². The predicted molar refractivity (Wildman–Crippen MR) is 64.2 cm³/mol. The first-order chi connectivity index (χ1) is 8.29. The second kappa shape index (κ2) is 5.44. The fourth-order valence-corrected chi connectivity index (χ4v) is 2.13. The number of carbonyl (C=O) groups is 1. The van der Waals surface area contributed by atoms with Gasteiger partial charge in [0.05, 0.1) is 5.56 Å². The molecule has 2 rings (SSSR count). The largest absolute Gasteiger partial charge is 0.310 e. The molecule has 0 radical (unpaired) electrons. The third kappa shape index (κ3) is 3.04. The van der Waals surface area contributed by atoms with Gasteiger partial charge in [0.25, 0.3) is 0 Å². The van der Waals surface area contributed by atoms with Crippen LogP contribution in [0.15, 0.2) is 18.3 Å². The van der Waals surface area contributed by atoms with Gasteiger partial charge < -0.3 is 5.32 Å². The minimum atomic E-state index is 0.0573. The van der Waals surface area contributed by atoms with Crippen molar-refractivity contribution in [3.8, 4) is 6.07 Å². The van der Waals surface area contributed by atoms with E-state index in [1.807, 2.05) is 6.07 Å². The molecule has 1 saturated carbocycles. The Kier molecular flexibility index (Phi) is 3.71. The van der Waals surface area contributed by atoms with Gasteiger partial charge in [0.15, 0.2) is 0 Å². The number of hydrogen-bond donors (Lipinski definition) is 1. The molecule has 1 N–H and O–H groups in total. The molecule has 17 heavy (non-hydrogen) atoms. The van der Waals surface area contributed by atoms with Gasteiger partial charge in [0, 0.05) is 12.1 Å². The first-order valence-corrected chi connectivity index (χ1v) is 5.96. The van der Waals surface area contributed by atoms with Crippen LogP contribution >= 0.6 is 0 Å². The van der Waals surface area contributed by atoms with E-state index in [9.17, 15) is 4.79 Å². The van der Waals surface area contributed by atoms with Gasteiger partial charge in [-0.2, -0.15) is 5.26 Å². The molecule has 1 aromatic heterocycles. The highest BCUT2D eigenvalue weighted by Crippen LogP contribution is 2.24. The van der Waals surface area contributed by atoms with Crippen LogP contribution in [0.3, 0.4) is 0 Å². The molecule has 1 fully saturated rings. The SMILES string of the molecule is N#Cc1ccc(NC(=O)C2CCCCC2)nc1. The minimum Gasteiger partial charge on any atom is -0.310 e. The van der Waals surface area contributed by atoms with E-state index < -0.39 is 0 Å². The van der Waals surface area contributed by atoms with Crippen molar-refractivity contribution >= 4 is 11.7 Å². The Balaban J connectivity index is 1.95. The van der Waals surface area contributed by atoms with Crippen molar-refractivity contribution in [2.45, 2.75) is 32.1 Å². The molecule has 4 heteroatoms. The van der Waals surface area contributed by atoms with Gasteiger partial charge in [-0.15, -0.1) is 0 Å². The van der Waals surface area contributed by atoms with Gasteiger partial charge in [-0.3, -0.25) is 4.79 Å². The average Bonchev–Trinajstić information content (AvgIpc) is 2.40. The number of aromatic nitrogens is 1. The van der Waals surface area contributed by atoms with Gasteiger partial charge in [-0.05, 0) is 25.0 Å². The Morgan fingerprint density at radius 3 is 2.71 bits per heavy atom. The maximum atomic E-state index is 11.9. The molecule has 88 valence electrons. The fraction of sp³-hybridized carbons (Fsp3) is 0.462. The summed E-state index contributed by atoms with van der Waals surface area (Å²) in [7, 11) is 0. The molecule has 4 nitrogen and oxygen atoms in total. The highest BCUT2D eigenvalue weighted by Gasteiger charge is 2.21. The molecule has 0 aromatic carbocycles. The zero-order chi connectivity index (χ0) is 12.1. The van der Waals surface area contributed by atoms with Crippen molar-refractivity contribution < 1.29 is 4.79 Å². The van der Waals surface area contributed by atoms with Gasteiger partial charge in [0.2, 0.25) is 5.91 Å². The summed E-state index contributed by atoms with van der Waals surface area (Å²) in [5.74, 6) is 0.711. The lowest BCUT2D eigenvalue weighted by molar-refractivity contribution is -0.120. The third-order valence-corrected chi connectivity index (χ3v) is 3.12. The Morgan fingerprint density at radius 2 is 2.12 bits per heavy atom. The summed E-state index contributed by atoms with van der Waals surface area (Å²) < 4.78 is 0. The zero-order valence-electron chi connectivity index (χ0n) is 9.65. The molecule has 1 aliphatic rings. The second-order valence-corrected chi connectivity index (χ2v) is 4.37. The van der Waals surface area contributed by atoms with E-state index in [-0.39, 0.29) is 11.8 Å². The molecule has 0 unspecified atom stereocenters. The number of nitrogens with zero attached hydrogens (tertiary/aromatic N) is 2. The fourth-order valence-electron chi connectivity index (χ4n) is 2.13. The Bertz CT molecular complexity index is 427. The van der Waals surface area contributed by atoms with Crippen LogP contribution in [0.5, 0.6) is 0 Å². The summed E-state index contributed by atoms with van der Waals surface area (Å²) in [6.07, 6.45) is 6.93. The summed E-state index contributed by atoms with van der Waals surface area (Å²) in [4.78, 5) is 15.9. The minimum absolute atomic E-state index is 0.0573. The van der Waals surface area contributed by atoms with Crippen LogP contribution < -0.4 is 5.32 Å². The molecule has 1 heterocycles. The molecular weight excluding hydrogens is 214 g/mol. The molecule has 0 spiro atoms. The van der Waals surface area contributed by atoms with Crippen molar-refractivity contribution in [3.05, 3.63) is 23.9 Å². The number of nitriles is 1. The topological polar surface area (TPSA) is 65.8 Å². The number of amides is 1. The average molecular weight is 229 g/mol. The lowest BCUT2D eigenvalue weighted by atomic mass is 9.89. The highest BCUT2D eigenvalue weighted by molar-refractivity contribution is 5.91. The maximum Gasteiger partial charge on any atom is 0.228 e. The summed E-state index contributed by atoms with van der Waals surface area (Å²) in [6.45, 7) is 0. The maximum absolute atomic E-state index is 11.9. The van der Waals surface area contributed by atoms with Crippen molar-refractivity contribution in [1.29, 1.82) is 5.26 Å². The second-order valence-electron chi connectivity index (χ2n) is 4.37. The Hall–Kier alpha value is -1.89. The van der Waals surface area contributed by atoms with Crippen LogP contribution in [0.25, 0.3) is 0 Å². The van der Waals surface area contributed by atoms with E-state index in [0.29, 0.717) is 11.4 Å². The number of carbonyl (C=O) groups excluding carboxylic acids is 1. The van der Waals surface area contributed by atoms with Gasteiger partial charge in [-0.1, -0.05) is 19.3 Å². The van der Waals surface area contributed by atoms with E-state index in [0.717, 1.165) is 25.7 Å². The third-order valence-electron chi connectivity index (χ3n) is 3.12. The van der Waals surface area contributed by atoms with Crippen molar-refractivity contribution in [3.63, 3.8) is 0 Å². The Labute approximate surface area is 101 Å². The summed E-state index contributed by atoms with van der Waals surface area (Å²) in [5, 5.41) is 11.4. The number of hydrogen-bond acceptors (Lipinski definition) is 3. The molecule has 1 amide bonds. The predicted octanol–water partition coefficient (Wildman–Crippen LogP) is 2.47.